The van der Waals surface area contributed by atoms with Crippen LogP contribution in [0, 0.1) is 0 Å². The van der Waals surface area contributed by atoms with Crippen LogP contribution >= 0.6 is 0 Å². The fraction of sp³-hybridized carbons (Fsp3) is 0.409. The van der Waals surface area contributed by atoms with E-state index in [1.807, 2.05) is 42.5 Å². The molecule has 138 valence electrons. The second-order valence-corrected chi connectivity index (χ2v) is 7.03. The van der Waals surface area contributed by atoms with Gasteiger partial charge in [0.2, 0.25) is 5.91 Å². The maximum atomic E-state index is 12.9. The van der Waals surface area contributed by atoms with Crippen LogP contribution < -0.4 is 5.32 Å². The maximum absolute atomic E-state index is 12.9. The van der Waals surface area contributed by atoms with Gasteiger partial charge in [0.25, 0.3) is 0 Å². The molecule has 0 bridgehead atoms. The average Bonchev–Trinajstić information content (AvgIpc) is 2.69. The van der Waals surface area contributed by atoms with Crippen molar-refractivity contribution in [2.24, 2.45) is 0 Å². The Balaban J connectivity index is 1.62. The van der Waals surface area contributed by atoms with Crippen molar-refractivity contribution in [3.05, 3.63) is 65.7 Å². The van der Waals surface area contributed by atoms with E-state index in [9.17, 15) is 9.90 Å². The fourth-order valence-corrected chi connectivity index (χ4v) is 3.56. The number of benzene rings is 2. The molecule has 0 radical (unpaired) electrons. The zero-order valence-electron chi connectivity index (χ0n) is 15.2. The molecular formula is C22H28N2O2. The number of carbonyl (C=O) groups is 1. The molecule has 1 fully saturated rings. The zero-order chi connectivity index (χ0) is 18.2. The van der Waals surface area contributed by atoms with Gasteiger partial charge in [0.15, 0.2) is 0 Å². The van der Waals surface area contributed by atoms with E-state index in [2.05, 4.69) is 10.2 Å². The van der Waals surface area contributed by atoms with Gasteiger partial charge in [-0.1, -0.05) is 48.9 Å². The lowest BCUT2D eigenvalue weighted by molar-refractivity contribution is -0.122. The lowest BCUT2D eigenvalue weighted by atomic mass is 9.91. The van der Waals surface area contributed by atoms with Gasteiger partial charge in [-0.3, -0.25) is 4.79 Å². The van der Waals surface area contributed by atoms with Gasteiger partial charge in [-0.05, 0) is 55.6 Å². The SMILES string of the molecule is O=C(NCCN1CCCCC1)[C@@H](Cc1ccc(O)cc1)c1ccccc1. The largest absolute Gasteiger partial charge is 0.508 e. The van der Waals surface area contributed by atoms with Crippen LogP contribution in [0.3, 0.4) is 0 Å². The second kappa shape index (κ2) is 9.39. The first-order valence-electron chi connectivity index (χ1n) is 9.55. The van der Waals surface area contributed by atoms with E-state index in [-0.39, 0.29) is 17.6 Å². The number of likely N-dealkylation sites (tertiary alicyclic amines) is 1. The van der Waals surface area contributed by atoms with Crippen LogP contribution in [0.4, 0.5) is 0 Å². The number of phenolic OH excluding ortho intramolecular Hbond substituents is 1. The third-order valence-electron chi connectivity index (χ3n) is 5.07. The molecular weight excluding hydrogens is 324 g/mol. The Morgan fingerprint density at radius 2 is 1.69 bits per heavy atom. The zero-order valence-corrected chi connectivity index (χ0v) is 15.2. The number of piperidine rings is 1. The number of nitrogens with one attached hydrogen (secondary N) is 1. The molecule has 1 aliphatic rings. The molecule has 1 atom stereocenters. The van der Waals surface area contributed by atoms with E-state index >= 15 is 0 Å². The van der Waals surface area contributed by atoms with Gasteiger partial charge in [-0.25, -0.2) is 0 Å². The summed E-state index contributed by atoms with van der Waals surface area (Å²) in [6.07, 6.45) is 4.48. The highest BCUT2D eigenvalue weighted by molar-refractivity contribution is 5.84. The molecule has 3 rings (SSSR count). The van der Waals surface area contributed by atoms with Gasteiger partial charge >= 0.3 is 0 Å². The predicted octanol–water partition coefficient (Wildman–Crippen LogP) is 3.32. The second-order valence-electron chi connectivity index (χ2n) is 7.03. The average molecular weight is 352 g/mol. The summed E-state index contributed by atoms with van der Waals surface area (Å²) in [7, 11) is 0. The minimum Gasteiger partial charge on any atom is -0.508 e. The maximum Gasteiger partial charge on any atom is 0.227 e. The third kappa shape index (κ3) is 5.33. The van der Waals surface area contributed by atoms with Crippen LogP contribution in [0.5, 0.6) is 5.75 Å². The molecule has 1 saturated heterocycles. The Morgan fingerprint density at radius 1 is 1.00 bits per heavy atom. The van der Waals surface area contributed by atoms with Crippen molar-refractivity contribution in [1.82, 2.24) is 10.2 Å². The van der Waals surface area contributed by atoms with Gasteiger partial charge in [-0.15, -0.1) is 0 Å². The molecule has 0 aliphatic carbocycles. The smallest absolute Gasteiger partial charge is 0.227 e. The van der Waals surface area contributed by atoms with Crippen LogP contribution in [-0.4, -0.2) is 42.1 Å². The van der Waals surface area contributed by atoms with Crippen molar-refractivity contribution >= 4 is 5.91 Å². The number of rotatable bonds is 7. The molecule has 2 aromatic carbocycles. The van der Waals surface area contributed by atoms with Crippen molar-refractivity contribution in [3.8, 4) is 5.75 Å². The number of phenols is 1. The number of amides is 1. The minimum absolute atomic E-state index is 0.0706. The van der Waals surface area contributed by atoms with Crippen molar-refractivity contribution in [2.75, 3.05) is 26.2 Å². The number of hydrogen-bond acceptors (Lipinski definition) is 3. The molecule has 1 amide bonds. The molecule has 0 saturated carbocycles. The number of carbonyl (C=O) groups excluding carboxylic acids is 1. The summed E-state index contributed by atoms with van der Waals surface area (Å²) in [6, 6.07) is 17.0. The van der Waals surface area contributed by atoms with Crippen LogP contribution in [0.15, 0.2) is 54.6 Å². The first kappa shape index (κ1) is 18.5. The standard InChI is InChI=1S/C22H28N2O2/c25-20-11-9-18(10-12-20)17-21(19-7-3-1-4-8-19)22(26)23-13-16-24-14-5-2-6-15-24/h1,3-4,7-12,21,25H,2,5-6,13-17H2,(H,23,26)/t21-/m0/s1. The number of aromatic hydroxyl groups is 1. The van der Waals surface area contributed by atoms with E-state index in [1.165, 1.54) is 19.3 Å². The molecule has 2 N–H and O–H groups in total. The van der Waals surface area contributed by atoms with Crippen LogP contribution in [0.2, 0.25) is 0 Å². The Bertz CT molecular complexity index is 679. The summed E-state index contributed by atoms with van der Waals surface area (Å²) in [5.41, 5.74) is 2.07. The van der Waals surface area contributed by atoms with E-state index in [0.29, 0.717) is 13.0 Å². The summed E-state index contributed by atoms with van der Waals surface area (Å²) < 4.78 is 0. The van der Waals surface area contributed by atoms with Gasteiger partial charge in [-0.2, -0.15) is 0 Å². The van der Waals surface area contributed by atoms with Gasteiger partial charge in [0.1, 0.15) is 5.75 Å². The fourth-order valence-electron chi connectivity index (χ4n) is 3.56. The van der Waals surface area contributed by atoms with Crippen molar-refractivity contribution in [2.45, 2.75) is 31.6 Å². The summed E-state index contributed by atoms with van der Waals surface area (Å²) in [6.45, 7) is 3.90. The highest BCUT2D eigenvalue weighted by Crippen LogP contribution is 2.22. The van der Waals surface area contributed by atoms with Crippen LogP contribution in [-0.2, 0) is 11.2 Å². The quantitative estimate of drug-likeness (QED) is 0.804. The van der Waals surface area contributed by atoms with E-state index in [4.69, 9.17) is 0 Å². The number of hydrogen-bond donors (Lipinski definition) is 2. The molecule has 2 aromatic rings. The monoisotopic (exact) mass is 352 g/mol. The van der Waals surface area contributed by atoms with Gasteiger partial charge < -0.3 is 15.3 Å². The summed E-state index contributed by atoms with van der Waals surface area (Å²) in [4.78, 5) is 15.3. The molecule has 4 heteroatoms. The van der Waals surface area contributed by atoms with Crippen molar-refractivity contribution in [1.29, 1.82) is 0 Å². The molecule has 0 spiro atoms. The lowest BCUT2D eigenvalue weighted by Gasteiger charge is -2.26. The van der Waals surface area contributed by atoms with Crippen molar-refractivity contribution in [3.63, 3.8) is 0 Å². The summed E-state index contributed by atoms with van der Waals surface area (Å²) in [5, 5.41) is 12.6. The minimum atomic E-state index is -0.220. The van der Waals surface area contributed by atoms with E-state index in [0.717, 1.165) is 30.8 Å². The third-order valence-corrected chi connectivity index (χ3v) is 5.07. The lowest BCUT2D eigenvalue weighted by Crippen LogP contribution is -2.39. The number of nitrogens with zero attached hydrogens (tertiary/aromatic N) is 1. The topological polar surface area (TPSA) is 52.6 Å². The molecule has 0 aromatic heterocycles. The Morgan fingerprint density at radius 3 is 2.38 bits per heavy atom. The highest BCUT2D eigenvalue weighted by atomic mass is 16.3. The molecule has 26 heavy (non-hydrogen) atoms. The first-order valence-corrected chi connectivity index (χ1v) is 9.55. The Kier molecular flexibility index (Phi) is 6.67. The molecule has 1 heterocycles. The van der Waals surface area contributed by atoms with Crippen molar-refractivity contribution < 1.29 is 9.90 Å². The first-order chi connectivity index (χ1) is 12.7. The van der Waals surface area contributed by atoms with E-state index in [1.54, 1.807) is 12.1 Å². The Hall–Kier alpha value is -2.33. The highest BCUT2D eigenvalue weighted by Gasteiger charge is 2.21. The molecule has 4 nitrogen and oxygen atoms in total. The van der Waals surface area contributed by atoms with E-state index < -0.39 is 0 Å². The Labute approximate surface area is 155 Å². The molecule has 0 unspecified atom stereocenters. The summed E-state index contributed by atoms with van der Waals surface area (Å²) >= 11 is 0. The van der Waals surface area contributed by atoms with Gasteiger partial charge in [0, 0.05) is 13.1 Å². The van der Waals surface area contributed by atoms with Gasteiger partial charge in [0.05, 0.1) is 5.92 Å². The molecule has 1 aliphatic heterocycles. The van der Waals surface area contributed by atoms with Crippen LogP contribution in [0.1, 0.15) is 36.3 Å². The normalized spacial score (nSPS) is 16.2. The van der Waals surface area contributed by atoms with Crippen LogP contribution in [0.25, 0.3) is 0 Å². The summed E-state index contributed by atoms with van der Waals surface area (Å²) in [5.74, 6) is 0.0966. The predicted molar refractivity (Wildman–Crippen MR) is 104 cm³/mol.